The topological polar surface area (TPSA) is 35.0 Å². The van der Waals surface area contributed by atoms with Crippen LogP contribution in [0.1, 0.15) is 10.7 Å². The Balaban J connectivity index is 2.07. The van der Waals surface area contributed by atoms with Crippen LogP contribution in [0.3, 0.4) is 0 Å². The number of aromatic nitrogens is 2. The molecule has 15 heavy (non-hydrogen) atoms. The molecule has 0 unspecified atom stereocenters. The van der Waals surface area contributed by atoms with Crippen LogP contribution in [-0.4, -0.2) is 9.97 Å². The van der Waals surface area contributed by atoms with Gasteiger partial charge >= 0.3 is 0 Å². The van der Waals surface area contributed by atoms with Crippen molar-refractivity contribution in [3.8, 4) is 5.88 Å². The summed E-state index contributed by atoms with van der Waals surface area (Å²) in [4.78, 5) is 9.42. The van der Waals surface area contributed by atoms with E-state index in [2.05, 4.69) is 25.9 Å². The standard InChI is InChI=1S/C10H9BrN2OS/c1-7-12-5-9(11)10(13-7)14-6-8-3-2-4-15-8/h2-5H,6H2,1H3. The van der Waals surface area contributed by atoms with Crippen molar-refractivity contribution >= 4 is 27.3 Å². The fraction of sp³-hybridized carbons (Fsp3) is 0.200. The van der Waals surface area contributed by atoms with Crippen LogP contribution in [0.25, 0.3) is 0 Å². The first-order chi connectivity index (χ1) is 7.25. The summed E-state index contributed by atoms with van der Waals surface area (Å²) in [6, 6.07) is 4.04. The number of rotatable bonds is 3. The van der Waals surface area contributed by atoms with Crippen molar-refractivity contribution in [2.75, 3.05) is 0 Å². The van der Waals surface area contributed by atoms with E-state index in [9.17, 15) is 0 Å². The lowest BCUT2D eigenvalue weighted by molar-refractivity contribution is 0.293. The molecular weight excluding hydrogens is 276 g/mol. The second-order valence-corrected chi connectivity index (χ2v) is 4.82. The summed E-state index contributed by atoms with van der Waals surface area (Å²) < 4.78 is 6.36. The fourth-order valence-corrected chi connectivity index (χ4v) is 1.99. The van der Waals surface area contributed by atoms with Gasteiger partial charge in [-0.05, 0) is 34.3 Å². The lowest BCUT2D eigenvalue weighted by atomic mass is 10.5. The molecule has 78 valence electrons. The Labute approximate surface area is 100 Å². The second kappa shape index (κ2) is 4.72. The zero-order valence-electron chi connectivity index (χ0n) is 8.11. The summed E-state index contributed by atoms with van der Waals surface area (Å²) in [6.07, 6.45) is 1.70. The first kappa shape index (κ1) is 10.6. The van der Waals surface area contributed by atoms with Crippen LogP contribution in [0, 0.1) is 6.92 Å². The molecule has 0 aliphatic carbocycles. The third-order valence-electron chi connectivity index (χ3n) is 1.76. The van der Waals surface area contributed by atoms with E-state index in [1.807, 2.05) is 24.4 Å². The number of ether oxygens (including phenoxy) is 1. The molecule has 0 radical (unpaired) electrons. The molecule has 0 amide bonds. The summed E-state index contributed by atoms with van der Waals surface area (Å²) in [5.74, 6) is 1.30. The van der Waals surface area contributed by atoms with Crippen LogP contribution in [0.5, 0.6) is 5.88 Å². The molecule has 0 aliphatic rings. The van der Waals surface area contributed by atoms with Gasteiger partial charge in [0, 0.05) is 11.1 Å². The van der Waals surface area contributed by atoms with E-state index in [0.717, 1.165) is 4.47 Å². The van der Waals surface area contributed by atoms with Gasteiger partial charge in [0.15, 0.2) is 0 Å². The summed E-state index contributed by atoms with van der Waals surface area (Å²) in [5.41, 5.74) is 0. The molecule has 0 fully saturated rings. The monoisotopic (exact) mass is 284 g/mol. The van der Waals surface area contributed by atoms with Gasteiger partial charge < -0.3 is 4.74 Å². The molecule has 2 heterocycles. The first-order valence-corrected chi connectivity index (χ1v) is 6.07. The van der Waals surface area contributed by atoms with Crippen LogP contribution < -0.4 is 4.74 Å². The average molecular weight is 285 g/mol. The van der Waals surface area contributed by atoms with Crippen molar-refractivity contribution in [2.24, 2.45) is 0 Å². The number of aryl methyl sites for hydroxylation is 1. The van der Waals surface area contributed by atoms with Crippen LogP contribution in [0.2, 0.25) is 0 Å². The maximum atomic E-state index is 5.57. The predicted molar refractivity (Wildman–Crippen MR) is 63.1 cm³/mol. The van der Waals surface area contributed by atoms with Crippen molar-refractivity contribution in [2.45, 2.75) is 13.5 Å². The van der Waals surface area contributed by atoms with E-state index < -0.39 is 0 Å². The largest absolute Gasteiger partial charge is 0.471 e. The van der Waals surface area contributed by atoms with Crippen molar-refractivity contribution in [1.29, 1.82) is 0 Å². The molecule has 0 bridgehead atoms. The summed E-state index contributed by atoms with van der Waals surface area (Å²) in [6.45, 7) is 2.39. The lowest BCUT2D eigenvalue weighted by Gasteiger charge is -2.05. The number of halogens is 1. The Morgan fingerprint density at radius 1 is 1.53 bits per heavy atom. The molecule has 0 spiro atoms. The molecule has 0 aromatic carbocycles. The van der Waals surface area contributed by atoms with E-state index in [1.165, 1.54) is 4.88 Å². The van der Waals surface area contributed by atoms with Crippen LogP contribution in [0.4, 0.5) is 0 Å². The molecule has 0 saturated carbocycles. The number of nitrogens with zero attached hydrogens (tertiary/aromatic N) is 2. The highest BCUT2D eigenvalue weighted by molar-refractivity contribution is 9.10. The minimum Gasteiger partial charge on any atom is -0.471 e. The van der Waals surface area contributed by atoms with Crippen LogP contribution in [-0.2, 0) is 6.61 Å². The van der Waals surface area contributed by atoms with Gasteiger partial charge in [-0.1, -0.05) is 6.07 Å². The SMILES string of the molecule is Cc1ncc(Br)c(OCc2cccs2)n1. The van der Waals surface area contributed by atoms with E-state index in [-0.39, 0.29) is 0 Å². The second-order valence-electron chi connectivity index (χ2n) is 2.94. The van der Waals surface area contributed by atoms with Gasteiger partial charge in [-0.3, -0.25) is 0 Å². The summed E-state index contributed by atoms with van der Waals surface area (Å²) in [5, 5.41) is 2.03. The Morgan fingerprint density at radius 2 is 2.40 bits per heavy atom. The number of thiophene rings is 1. The van der Waals surface area contributed by atoms with Crippen molar-refractivity contribution < 1.29 is 4.74 Å². The number of hydrogen-bond acceptors (Lipinski definition) is 4. The highest BCUT2D eigenvalue weighted by atomic mass is 79.9. The average Bonchev–Trinajstić information content (AvgIpc) is 2.72. The van der Waals surface area contributed by atoms with E-state index in [4.69, 9.17) is 4.74 Å². The summed E-state index contributed by atoms with van der Waals surface area (Å²) in [7, 11) is 0. The zero-order valence-corrected chi connectivity index (χ0v) is 10.5. The Bertz CT molecular complexity index is 445. The van der Waals surface area contributed by atoms with Gasteiger partial charge in [0.1, 0.15) is 12.4 Å². The Morgan fingerprint density at radius 3 is 3.13 bits per heavy atom. The van der Waals surface area contributed by atoms with Crippen molar-refractivity contribution in [3.63, 3.8) is 0 Å². The van der Waals surface area contributed by atoms with Gasteiger partial charge in [-0.2, -0.15) is 4.98 Å². The molecule has 2 rings (SSSR count). The predicted octanol–water partition coefficient (Wildman–Crippen LogP) is 3.19. The van der Waals surface area contributed by atoms with E-state index in [1.54, 1.807) is 17.5 Å². The molecule has 0 N–H and O–H groups in total. The molecule has 2 aromatic rings. The third kappa shape index (κ3) is 2.76. The molecular formula is C10H9BrN2OS. The molecule has 5 heteroatoms. The molecule has 0 atom stereocenters. The molecule has 2 aromatic heterocycles. The smallest absolute Gasteiger partial charge is 0.231 e. The Kier molecular flexibility index (Phi) is 3.33. The fourth-order valence-electron chi connectivity index (χ4n) is 1.07. The molecule has 0 aliphatic heterocycles. The van der Waals surface area contributed by atoms with Gasteiger partial charge in [0.25, 0.3) is 0 Å². The minimum atomic E-state index is 0.548. The van der Waals surface area contributed by atoms with Crippen molar-refractivity contribution in [1.82, 2.24) is 9.97 Å². The van der Waals surface area contributed by atoms with E-state index in [0.29, 0.717) is 18.3 Å². The lowest BCUT2D eigenvalue weighted by Crippen LogP contribution is -1.98. The van der Waals surface area contributed by atoms with Crippen molar-refractivity contribution in [3.05, 3.63) is 38.9 Å². The maximum absolute atomic E-state index is 5.57. The normalized spacial score (nSPS) is 10.3. The van der Waals surface area contributed by atoms with Crippen LogP contribution in [0.15, 0.2) is 28.2 Å². The third-order valence-corrected chi connectivity index (χ3v) is 3.16. The minimum absolute atomic E-state index is 0.548. The summed E-state index contributed by atoms with van der Waals surface area (Å²) >= 11 is 5.02. The first-order valence-electron chi connectivity index (χ1n) is 4.40. The van der Waals surface area contributed by atoms with Gasteiger partial charge in [0.2, 0.25) is 5.88 Å². The number of hydrogen-bond donors (Lipinski definition) is 0. The molecule has 0 saturated heterocycles. The van der Waals surface area contributed by atoms with Gasteiger partial charge in [-0.15, -0.1) is 11.3 Å². The molecule has 3 nitrogen and oxygen atoms in total. The van der Waals surface area contributed by atoms with E-state index >= 15 is 0 Å². The quantitative estimate of drug-likeness (QED) is 0.868. The van der Waals surface area contributed by atoms with Gasteiger partial charge in [-0.25, -0.2) is 4.98 Å². The van der Waals surface area contributed by atoms with Gasteiger partial charge in [0.05, 0.1) is 4.47 Å². The zero-order chi connectivity index (χ0) is 10.7. The maximum Gasteiger partial charge on any atom is 0.231 e. The highest BCUT2D eigenvalue weighted by Crippen LogP contribution is 2.22. The Hall–Kier alpha value is -0.940. The highest BCUT2D eigenvalue weighted by Gasteiger charge is 2.04. The van der Waals surface area contributed by atoms with Crippen LogP contribution >= 0.6 is 27.3 Å².